The number of hydrogen-bond acceptors (Lipinski definition) is 4. The molecule has 132 valence electrons. The fourth-order valence-electron chi connectivity index (χ4n) is 2.16. The quantitative estimate of drug-likeness (QED) is 0.684. The molecule has 1 N–H and O–H groups in total. The number of aromatic nitrogens is 1. The van der Waals surface area contributed by atoms with Crippen molar-refractivity contribution in [3.8, 4) is 11.5 Å². The molecule has 1 heterocycles. The van der Waals surface area contributed by atoms with Crippen molar-refractivity contribution in [2.45, 2.75) is 27.0 Å². The minimum atomic E-state index is 0. The predicted octanol–water partition coefficient (Wildman–Crippen LogP) is 4.60. The lowest BCUT2D eigenvalue weighted by Crippen LogP contribution is -2.19. The van der Waals surface area contributed by atoms with Gasteiger partial charge in [-0.15, -0.1) is 12.4 Å². The molecule has 24 heavy (non-hydrogen) atoms. The second-order valence-corrected chi connectivity index (χ2v) is 6.64. The predicted molar refractivity (Wildman–Crippen MR) is 103 cm³/mol. The van der Waals surface area contributed by atoms with E-state index in [1.807, 2.05) is 18.2 Å². The second-order valence-electron chi connectivity index (χ2n) is 5.78. The van der Waals surface area contributed by atoms with Crippen LogP contribution in [0.1, 0.15) is 25.0 Å². The molecular weight excluding hydrogens is 392 g/mol. The number of hydrogen-bond donors (Lipinski definition) is 1. The van der Waals surface area contributed by atoms with Gasteiger partial charge in [-0.3, -0.25) is 4.98 Å². The summed E-state index contributed by atoms with van der Waals surface area (Å²) in [6.07, 6.45) is 3.55. The Balaban J connectivity index is 0.00000288. The Morgan fingerprint density at radius 2 is 2.04 bits per heavy atom. The largest absolute Gasteiger partial charge is 0.493 e. The summed E-state index contributed by atoms with van der Waals surface area (Å²) < 4.78 is 12.3. The second kappa shape index (κ2) is 10.5. The molecule has 0 saturated carbocycles. The van der Waals surface area contributed by atoms with Crippen LogP contribution in [-0.4, -0.2) is 18.6 Å². The van der Waals surface area contributed by atoms with Crippen molar-refractivity contribution in [3.63, 3.8) is 0 Å². The summed E-state index contributed by atoms with van der Waals surface area (Å²) in [6, 6.07) is 7.96. The molecule has 0 radical (unpaired) electrons. The van der Waals surface area contributed by atoms with E-state index in [9.17, 15) is 0 Å². The number of rotatable bonds is 8. The van der Waals surface area contributed by atoms with Crippen molar-refractivity contribution < 1.29 is 9.47 Å². The Labute approximate surface area is 158 Å². The van der Waals surface area contributed by atoms with E-state index in [1.165, 1.54) is 0 Å². The summed E-state index contributed by atoms with van der Waals surface area (Å²) in [5, 5.41) is 3.43. The van der Waals surface area contributed by atoms with Gasteiger partial charge in [0.25, 0.3) is 0 Å². The zero-order valence-electron chi connectivity index (χ0n) is 14.2. The monoisotopic (exact) mass is 414 g/mol. The number of benzene rings is 1. The Morgan fingerprint density at radius 1 is 1.25 bits per heavy atom. The van der Waals surface area contributed by atoms with Crippen LogP contribution in [0, 0.1) is 5.92 Å². The summed E-state index contributed by atoms with van der Waals surface area (Å²) in [5.74, 6) is 2.07. The molecule has 1 aromatic heterocycles. The molecule has 0 unspecified atom stereocenters. The number of pyridine rings is 1. The molecule has 4 nitrogen and oxygen atoms in total. The molecular formula is C18H24BrClN2O2. The zero-order chi connectivity index (χ0) is 16.7. The van der Waals surface area contributed by atoms with Crippen LogP contribution in [0.25, 0.3) is 0 Å². The van der Waals surface area contributed by atoms with Crippen LogP contribution in [0.2, 0.25) is 0 Å². The molecule has 0 aliphatic heterocycles. The Bertz CT molecular complexity index is 624. The van der Waals surface area contributed by atoms with Gasteiger partial charge < -0.3 is 14.8 Å². The minimum absolute atomic E-state index is 0. The normalized spacial score (nSPS) is 10.4. The molecule has 2 rings (SSSR count). The first-order valence-corrected chi connectivity index (χ1v) is 8.48. The Morgan fingerprint density at radius 3 is 2.67 bits per heavy atom. The van der Waals surface area contributed by atoms with Gasteiger partial charge in [0.2, 0.25) is 0 Å². The van der Waals surface area contributed by atoms with Crippen LogP contribution >= 0.6 is 28.3 Å². The molecule has 1 aromatic carbocycles. The van der Waals surface area contributed by atoms with Crippen molar-refractivity contribution in [2.24, 2.45) is 5.92 Å². The van der Waals surface area contributed by atoms with E-state index >= 15 is 0 Å². The minimum Gasteiger partial charge on any atom is -0.493 e. The van der Waals surface area contributed by atoms with Gasteiger partial charge in [-0.2, -0.15) is 0 Å². The summed E-state index contributed by atoms with van der Waals surface area (Å²) in [5.41, 5.74) is 2.17. The van der Waals surface area contributed by atoms with Gasteiger partial charge in [0.1, 0.15) is 6.61 Å². The number of methoxy groups -OCH3 is 1. The highest BCUT2D eigenvalue weighted by Crippen LogP contribution is 2.37. The van der Waals surface area contributed by atoms with Gasteiger partial charge in [0.15, 0.2) is 11.5 Å². The Kier molecular flexibility index (Phi) is 9.11. The van der Waals surface area contributed by atoms with E-state index in [4.69, 9.17) is 9.47 Å². The van der Waals surface area contributed by atoms with Gasteiger partial charge in [0, 0.05) is 24.5 Å². The fourth-order valence-corrected chi connectivity index (χ4v) is 2.76. The highest BCUT2D eigenvalue weighted by molar-refractivity contribution is 9.10. The van der Waals surface area contributed by atoms with Crippen LogP contribution in [0.5, 0.6) is 11.5 Å². The average Bonchev–Trinajstić information content (AvgIpc) is 2.54. The van der Waals surface area contributed by atoms with Gasteiger partial charge in [-0.25, -0.2) is 0 Å². The fraction of sp³-hybridized carbons (Fsp3) is 0.389. The third-order valence-electron chi connectivity index (χ3n) is 3.28. The zero-order valence-corrected chi connectivity index (χ0v) is 16.6. The van der Waals surface area contributed by atoms with E-state index in [2.05, 4.69) is 46.1 Å². The smallest absolute Gasteiger partial charge is 0.175 e. The molecule has 0 spiro atoms. The van der Waals surface area contributed by atoms with Crippen LogP contribution in [0.15, 0.2) is 41.1 Å². The van der Waals surface area contributed by atoms with Crippen molar-refractivity contribution in [3.05, 3.63) is 52.3 Å². The van der Waals surface area contributed by atoms with Crippen molar-refractivity contribution in [1.82, 2.24) is 10.3 Å². The molecule has 0 atom stereocenters. The lowest BCUT2D eigenvalue weighted by atomic mass is 10.1. The lowest BCUT2D eigenvalue weighted by Gasteiger charge is -2.15. The third-order valence-corrected chi connectivity index (χ3v) is 3.87. The maximum Gasteiger partial charge on any atom is 0.175 e. The van der Waals surface area contributed by atoms with Crippen LogP contribution < -0.4 is 14.8 Å². The molecule has 0 aliphatic rings. The van der Waals surface area contributed by atoms with Gasteiger partial charge in [-0.05, 0) is 52.2 Å². The summed E-state index contributed by atoms with van der Waals surface area (Å²) in [7, 11) is 1.66. The first-order valence-electron chi connectivity index (χ1n) is 7.69. The van der Waals surface area contributed by atoms with Crippen LogP contribution in [0.3, 0.4) is 0 Å². The van der Waals surface area contributed by atoms with Crippen molar-refractivity contribution in [1.29, 1.82) is 0 Å². The van der Waals surface area contributed by atoms with Gasteiger partial charge in [0.05, 0.1) is 11.6 Å². The molecule has 0 saturated heterocycles. The topological polar surface area (TPSA) is 43.4 Å². The first kappa shape index (κ1) is 20.7. The lowest BCUT2D eigenvalue weighted by molar-refractivity contribution is 0.282. The van der Waals surface area contributed by atoms with E-state index < -0.39 is 0 Å². The summed E-state index contributed by atoms with van der Waals surface area (Å²) in [6.45, 7) is 6.63. The molecule has 0 amide bonds. The maximum atomic E-state index is 5.91. The molecule has 0 aliphatic carbocycles. The van der Waals surface area contributed by atoms with E-state index in [1.54, 1.807) is 19.5 Å². The average molecular weight is 416 g/mol. The van der Waals surface area contributed by atoms with E-state index in [0.29, 0.717) is 18.3 Å². The van der Waals surface area contributed by atoms with Crippen molar-refractivity contribution in [2.75, 3.05) is 13.7 Å². The van der Waals surface area contributed by atoms with Crippen LogP contribution in [0.4, 0.5) is 0 Å². The number of nitrogens with one attached hydrogen (secondary N) is 1. The summed E-state index contributed by atoms with van der Waals surface area (Å²) in [4.78, 5) is 4.09. The molecule has 0 bridgehead atoms. The first-order chi connectivity index (χ1) is 11.1. The highest BCUT2D eigenvalue weighted by Gasteiger charge is 2.12. The number of ether oxygens (including phenoxy) is 2. The summed E-state index contributed by atoms with van der Waals surface area (Å²) >= 11 is 3.58. The van der Waals surface area contributed by atoms with Crippen LogP contribution in [-0.2, 0) is 13.2 Å². The maximum absolute atomic E-state index is 5.91. The number of nitrogens with zero attached hydrogens (tertiary/aromatic N) is 1. The standard InChI is InChI=1S/C18H23BrN2O2.ClH/c1-13(2)9-21-11-15-7-16(19)18(17(8-15)22-3)23-12-14-5-4-6-20-10-14;/h4-8,10,13,21H,9,11-12H2,1-3H3;1H. The van der Waals surface area contributed by atoms with E-state index in [0.717, 1.165) is 34.4 Å². The molecule has 6 heteroatoms. The van der Waals surface area contributed by atoms with Crippen molar-refractivity contribution >= 4 is 28.3 Å². The van der Waals surface area contributed by atoms with Gasteiger partial charge >= 0.3 is 0 Å². The Hall–Kier alpha value is -1.30. The molecule has 2 aromatic rings. The molecule has 0 fully saturated rings. The van der Waals surface area contributed by atoms with Gasteiger partial charge in [-0.1, -0.05) is 19.9 Å². The third kappa shape index (κ3) is 6.30. The van der Waals surface area contributed by atoms with E-state index in [-0.39, 0.29) is 12.4 Å². The number of halogens is 2. The highest BCUT2D eigenvalue weighted by atomic mass is 79.9. The SMILES string of the molecule is COc1cc(CNCC(C)C)cc(Br)c1OCc1cccnc1.Cl.